The van der Waals surface area contributed by atoms with Crippen LogP contribution in [-0.4, -0.2) is 33.0 Å². The van der Waals surface area contributed by atoms with Gasteiger partial charge in [-0.1, -0.05) is 30.3 Å². The Balaban J connectivity index is 2.04. The molecular formula is C17H18N2O4S. The maximum Gasteiger partial charge on any atom is 0.253 e. The zero-order valence-corrected chi connectivity index (χ0v) is 14.0. The van der Waals surface area contributed by atoms with Crippen molar-refractivity contribution in [3.63, 3.8) is 0 Å². The van der Waals surface area contributed by atoms with Crippen molar-refractivity contribution in [2.45, 2.75) is 11.3 Å². The zero-order chi connectivity index (χ0) is 17.6. The molecule has 2 N–H and O–H groups in total. The summed E-state index contributed by atoms with van der Waals surface area (Å²) >= 11 is 0. The maximum absolute atomic E-state index is 12.2. The molecule has 0 unspecified atom stereocenters. The van der Waals surface area contributed by atoms with Gasteiger partial charge in [-0.25, -0.2) is 8.42 Å². The van der Waals surface area contributed by atoms with E-state index in [1.54, 1.807) is 42.5 Å². The van der Waals surface area contributed by atoms with Gasteiger partial charge in [0.15, 0.2) is 9.84 Å². The van der Waals surface area contributed by atoms with Gasteiger partial charge < -0.3 is 10.6 Å². The van der Waals surface area contributed by atoms with E-state index in [9.17, 15) is 18.0 Å². The molecule has 2 rings (SSSR count). The highest BCUT2D eigenvalue weighted by Gasteiger charge is 2.17. The van der Waals surface area contributed by atoms with Gasteiger partial charge in [0.2, 0.25) is 5.91 Å². The molecule has 24 heavy (non-hydrogen) atoms. The first-order valence-corrected chi connectivity index (χ1v) is 8.98. The van der Waals surface area contributed by atoms with Crippen LogP contribution in [-0.2, 0) is 14.6 Å². The number of carbonyl (C=O) groups is 2. The number of anilines is 1. The summed E-state index contributed by atoms with van der Waals surface area (Å²) in [7, 11) is -2.03. The fourth-order valence-electron chi connectivity index (χ4n) is 2.11. The number of nitrogens with one attached hydrogen (secondary N) is 2. The largest absolute Gasteiger partial charge is 0.355 e. The first-order valence-electron chi connectivity index (χ1n) is 7.33. The van der Waals surface area contributed by atoms with Crippen LogP contribution in [0.25, 0.3) is 0 Å². The third kappa shape index (κ3) is 4.42. The van der Waals surface area contributed by atoms with Crippen LogP contribution in [0.1, 0.15) is 16.8 Å². The van der Waals surface area contributed by atoms with Crippen LogP contribution >= 0.6 is 0 Å². The molecule has 2 amide bonds. The van der Waals surface area contributed by atoms with Crippen molar-refractivity contribution >= 4 is 27.3 Å². The maximum atomic E-state index is 12.2. The number of amides is 2. The van der Waals surface area contributed by atoms with Crippen molar-refractivity contribution in [1.29, 1.82) is 0 Å². The highest BCUT2D eigenvalue weighted by atomic mass is 32.2. The topological polar surface area (TPSA) is 92.3 Å². The summed E-state index contributed by atoms with van der Waals surface area (Å²) in [6.45, 7) is 0. The monoisotopic (exact) mass is 346 g/mol. The number of rotatable bonds is 6. The van der Waals surface area contributed by atoms with E-state index in [0.717, 1.165) is 0 Å². The third-order valence-corrected chi connectivity index (χ3v) is 5.10. The van der Waals surface area contributed by atoms with Crippen molar-refractivity contribution in [3.8, 4) is 0 Å². The summed E-state index contributed by atoms with van der Waals surface area (Å²) in [6, 6.07) is 14.5. The van der Waals surface area contributed by atoms with E-state index in [-0.39, 0.29) is 23.0 Å². The molecule has 2 aromatic rings. The number of para-hydroxylation sites is 1. The molecule has 0 aliphatic rings. The SMILES string of the molecule is CNC(=O)c1ccccc1NC(=O)CCS(=O)(=O)c1ccccc1. The van der Waals surface area contributed by atoms with Crippen molar-refractivity contribution in [1.82, 2.24) is 5.32 Å². The lowest BCUT2D eigenvalue weighted by Crippen LogP contribution is -2.22. The minimum absolute atomic E-state index is 0.184. The van der Waals surface area contributed by atoms with E-state index in [1.165, 1.54) is 19.2 Å². The lowest BCUT2D eigenvalue weighted by Gasteiger charge is -2.10. The average molecular weight is 346 g/mol. The summed E-state index contributed by atoms with van der Waals surface area (Å²) in [5, 5.41) is 5.07. The molecule has 2 aromatic carbocycles. The van der Waals surface area contributed by atoms with Crippen molar-refractivity contribution in [2.24, 2.45) is 0 Å². The zero-order valence-electron chi connectivity index (χ0n) is 13.2. The molecule has 7 heteroatoms. The van der Waals surface area contributed by atoms with Crippen LogP contribution in [0.15, 0.2) is 59.5 Å². The number of hydrogen-bond donors (Lipinski definition) is 2. The molecule has 0 spiro atoms. The van der Waals surface area contributed by atoms with Crippen LogP contribution in [0, 0.1) is 0 Å². The second-order valence-electron chi connectivity index (χ2n) is 5.05. The highest BCUT2D eigenvalue weighted by Crippen LogP contribution is 2.16. The Kier molecular flexibility index (Phi) is 5.70. The number of carbonyl (C=O) groups excluding carboxylic acids is 2. The molecule has 0 aliphatic carbocycles. The van der Waals surface area contributed by atoms with Gasteiger partial charge in [0.05, 0.1) is 21.9 Å². The Morgan fingerprint density at radius 2 is 1.58 bits per heavy atom. The first-order chi connectivity index (χ1) is 11.4. The van der Waals surface area contributed by atoms with Gasteiger partial charge in [-0.15, -0.1) is 0 Å². The van der Waals surface area contributed by atoms with Gasteiger partial charge in [0.1, 0.15) is 0 Å². The average Bonchev–Trinajstić information content (AvgIpc) is 2.60. The van der Waals surface area contributed by atoms with E-state index in [1.807, 2.05) is 0 Å². The summed E-state index contributed by atoms with van der Waals surface area (Å²) < 4.78 is 24.3. The molecule has 0 atom stereocenters. The minimum Gasteiger partial charge on any atom is -0.355 e. The number of hydrogen-bond acceptors (Lipinski definition) is 4. The Labute approximate surface area is 140 Å². The van der Waals surface area contributed by atoms with Crippen LogP contribution < -0.4 is 10.6 Å². The molecule has 0 saturated carbocycles. The highest BCUT2D eigenvalue weighted by molar-refractivity contribution is 7.91. The standard InChI is InChI=1S/C17H18N2O4S/c1-18-17(21)14-9-5-6-10-15(14)19-16(20)11-12-24(22,23)13-7-3-2-4-8-13/h2-10H,11-12H2,1H3,(H,18,21)(H,19,20). The second-order valence-corrected chi connectivity index (χ2v) is 7.16. The number of benzene rings is 2. The van der Waals surface area contributed by atoms with Crippen molar-refractivity contribution < 1.29 is 18.0 Å². The molecular weight excluding hydrogens is 328 g/mol. The van der Waals surface area contributed by atoms with Gasteiger partial charge in [0.25, 0.3) is 5.91 Å². The number of sulfone groups is 1. The Morgan fingerprint density at radius 3 is 2.25 bits per heavy atom. The smallest absolute Gasteiger partial charge is 0.253 e. The Morgan fingerprint density at radius 1 is 0.958 bits per heavy atom. The van der Waals surface area contributed by atoms with Crippen LogP contribution in [0.4, 0.5) is 5.69 Å². The van der Waals surface area contributed by atoms with Crippen LogP contribution in [0.5, 0.6) is 0 Å². The molecule has 0 fully saturated rings. The summed E-state index contributed by atoms with van der Waals surface area (Å²) in [4.78, 5) is 24.0. The van der Waals surface area contributed by atoms with Gasteiger partial charge >= 0.3 is 0 Å². The molecule has 0 saturated heterocycles. The van der Waals surface area contributed by atoms with Crippen LogP contribution in [0.2, 0.25) is 0 Å². The van der Waals surface area contributed by atoms with E-state index in [4.69, 9.17) is 0 Å². The van der Waals surface area contributed by atoms with Crippen LogP contribution in [0.3, 0.4) is 0 Å². The van der Waals surface area contributed by atoms with Gasteiger partial charge in [-0.05, 0) is 24.3 Å². The summed E-state index contributed by atoms with van der Waals surface area (Å²) in [6.07, 6.45) is -0.195. The normalized spacial score (nSPS) is 10.9. The van der Waals surface area contributed by atoms with E-state index < -0.39 is 15.7 Å². The summed E-state index contributed by atoms with van der Waals surface area (Å²) in [5.74, 6) is -1.10. The quantitative estimate of drug-likeness (QED) is 0.835. The predicted molar refractivity (Wildman–Crippen MR) is 91.6 cm³/mol. The lowest BCUT2D eigenvalue weighted by atomic mass is 10.1. The second kappa shape index (κ2) is 7.74. The van der Waals surface area contributed by atoms with Gasteiger partial charge in [0, 0.05) is 13.5 Å². The molecule has 0 aliphatic heterocycles. The van der Waals surface area contributed by atoms with E-state index in [0.29, 0.717) is 11.3 Å². The first kappa shape index (κ1) is 17.7. The molecule has 0 radical (unpaired) electrons. The van der Waals surface area contributed by atoms with E-state index >= 15 is 0 Å². The van der Waals surface area contributed by atoms with Crippen molar-refractivity contribution in [2.75, 3.05) is 18.1 Å². The molecule has 126 valence electrons. The summed E-state index contributed by atoms with van der Waals surface area (Å²) in [5.41, 5.74) is 0.665. The Hall–Kier alpha value is -2.67. The minimum atomic E-state index is -3.52. The Bertz CT molecular complexity index is 833. The molecule has 6 nitrogen and oxygen atoms in total. The fourth-order valence-corrected chi connectivity index (χ4v) is 3.37. The molecule has 0 heterocycles. The third-order valence-electron chi connectivity index (χ3n) is 3.37. The van der Waals surface area contributed by atoms with Gasteiger partial charge in [-0.3, -0.25) is 9.59 Å². The van der Waals surface area contributed by atoms with Gasteiger partial charge in [-0.2, -0.15) is 0 Å². The fraction of sp³-hybridized carbons (Fsp3) is 0.176. The lowest BCUT2D eigenvalue weighted by molar-refractivity contribution is -0.115. The van der Waals surface area contributed by atoms with E-state index in [2.05, 4.69) is 10.6 Å². The van der Waals surface area contributed by atoms with Crippen molar-refractivity contribution in [3.05, 3.63) is 60.2 Å². The molecule has 0 bridgehead atoms. The predicted octanol–water partition coefficient (Wildman–Crippen LogP) is 1.85. The molecule has 0 aromatic heterocycles.